The van der Waals surface area contributed by atoms with E-state index in [4.69, 9.17) is 11.6 Å². The molecule has 0 fully saturated rings. The van der Waals surface area contributed by atoms with E-state index in [0.717, 1.165) is 12.1 Å². The number of benzene rings is 1. The molecule has 0 saturated heterocycles. The van der Waals surface area contributed by atoms with Gasteiger partial charge in [-0.3, -0.25) is 9.78 Å². The van der Waals surface area contributed by atoms with Gasteiger partial charge in [-0.1, -0.05) is 11.6 Å². The Morgan fingerprint density at radius 1 is 1.26 bits per heavy atom. The van der Waals surface area contributed by atoms with Crippen molar-refractivity contribution >= 4 is 27.5 Å². The molecule has 0 amide bonds. The maximum absolute atomic E-state index is 13.8. The summed E-state index contributed by atoms with van der Waals surface area (Å²) >= 11 is 8.44. The van der Waals surface area contributed by atoms with Gasteiger partial charge in [0.05, 0.1) is 15.7 Å². The molecule has 4 nitrogen and oxygen atoms in total. The van der Waals surface area contributed by atoms with Gasteiger partial charge in [-0.25, -0.2) is 18.1 Å². The molecule has 0 saturated carbocycles. The van der Waals surface area contributed by atoms with Crippen LogP contribution in [0.5, 0.6) is 0 Å². The van der Waals surface area contributed by atoms with Gasteiger partial charge >= 0.3 is 5.69 Å². The third-order valence-corrected chi connectivity index (χ3v) is 3.49. The molecule has 1 aromatic heterocycles. The highest BCUT2D eigenvalue weighted by Gasteiger charge is 2.16. The highest BCUT2D eigenvalue weighted by Crippen LogP contribution is 2.21. The molecule has 2 rings (SSSR count). The maximum Gasteiger partial charge on any atom is 0.334 e. The van der Waals surface area contributed by atoms with Crippen molar-refractivity contribution in [3.05, 3.63) is 59.8 Å². The summed E-state index contributed by atoms with van der Waals surface area (Å²) in [6.07, 6.45) is 0. The third kappa shape index (κ3) is 2.35. The van der Waals surface area contributed by atoms with Gasteiger partial charge in [0.2, 0.25) is 0 Å². The minimum absolute atomic E-state index is 0.0315. The molecular weight excluding hydrogens is 345 g/mol. The van der Waals surface area contributed by atoms with Crippen molar-refractivity contribution in [1.29, 1.82) is 0 Å². The van der Waals surface area contributed by atoms with E-state index in [1.54, 1.807) is 0 Å². The number of nitrogens with zero attached hydrogens (tertiary/aromatic N) is 1. The number of aromatic nitrogens is 2. The monoisotopic (exact) mass is 350 g/mol. The smallest absolute Gasteiger partial charge is 0.297 e. The van der Waals surface area contributed by atoms with Crippen LogP contribution in [-0.2, 0) is 0 Å². The molecule has 2 aromatic rings. The van der Waals surface area contributed by atoms with Gasteiger partial charge in [-0.15, -0.1) is 0 Å². The Bertz CT molecular complexity index is 785. The molecule has 0 bridgehead atoms. The van der Waals surface area contributed by atoms with Crippen molar-refractivity contribution in [1.82, 2.24) is 9.55 Å². The molecule has 100 valence electrons. The first-order chi connectivity index (χ1) is 8.82. The van der Waals surface area contributed by atoms with Crippen molar-refractivity contribution in [2.75, 3.05) is 0 Å². The second-order valence-electron chi connectivity index (χ2n) is 3.73. The molecule has 19 heavy (non-hydrogen) atoms. The molecular formula is C11H6BrClF2N2O2. The van der Waals surface area contributed by atoms with E-state index in [-0.39, 0.29) is 15.2 Å². The molecule has 1 N–H and O–H groups in total. The van der Waals surface area contributed by atoms with Crippen LogP contribution in [0.25, 0.3) is 5.69 Å². The molecule has 1 heterocycles. The van der Waals surface area contributed by atoms with E-state index in [1.807, 2.05) is 0 Å². The van der Waals surface area contributed by atoms with Crippen LogP contribution < -0.4 is 11.2 Å². The molecule has 8 heteroatoms. The Morgan fingerprint density at radius 3 is 2.53 bits per heavy atom. The number of H-pyrrole nitrogens is 1. The standard InChI is InChI=1S/C11H6BrClF2N2O2/c1-4-9(13)16-11(19)17(10(4)18)8-3-6(14)5(12)2-7(8)15/h2-3H,1H3,(H,16,19). The summed E-state index contributed by atoms with van der Waals surface area (Å²) in [5, 5.41) is -0.135. The van der Waals surface area contributed by atoms with Crippen LogP contribution >= 0.6 is 27.5 Å². The van der Waals surface area contributed by atoms with E-state index < -0.39 is 28.6 Å². The fourth-order valence-corrected chi connectivity index (χ4v) is 1.98. The largest absolute Gasteiger partial charge is 0.334 e. The molecule has 0 aliphatic rings. The second-order valence-corrected chi connectivity index (χ2v) is 4.96. The SMILES string of the molecule is Cc1c(Cl)[nH]c(=O)n(-c2cc(F)c(Br)cc2F)c1=O. The van der Waals surface area contributed by atoms with E-state index in [9.17, 15) is 18.4 Å². The summed E-state index contributed by atoms with van der Waals surface area (Å²) in [6.45, 7) is 1.37. The van der Waals surface area contributed by atoms with Crippen LogP contribution in [0.3, 0.4) is 0 Å². The van der Waals surface area contributed by atoms with Gasteiger partial charge in [0.15, 0.2) is 0 Å². The molecule has 0 aliphatic carbocycles. The van der Waals surface area contributed by atoms with Crippen molar-refractivity contribution in [3.8, 4) is 5.69 Å². The Labute approximate surface area is 118 Å². The lowest BCUT2D eigenvalue weighted by Gasteiger charge is -2.08. The summed E-state index contributed by atoms with van der Waals surface area (Å²) in [5.41, 5.74) is -2.20. The Hall–Kier alpha value is -1.47. The number of rotatable bonds is 1. The zero-order valence-electron chi connectivity index (χ0n) is 9.43. The van der Waals surface area contributed by atoms with Crippen molar-refractivity contribution < 1.29 is 8.78 Å². The summed E-state index contributed by atoms with van der Waals surface area (Å²) in [4.78, 5) is 25.8. The van der Waals surface area contributed by atoms with Crippen LogP contribution in [0.1, 0.15) is 5.56 Å². The molecule has 0 atom stereocenters. The molecule has 1 aromatic carbocycles. The van der Waals surface area contributed by atoms with E-state index >= 15 is 0 Å². The predicted molar refractivity (Wildman–Crippen MR) is 70.0 cm³/mol. The quantitative estimate of drug-likeness (QED) is 0.634. The summed E-state index contributed by atoms with van der Waals surface area (Å²) in [5.74, 6) is -1.71. The van der Waals surface area contributed by atoms with Gasteiger partial charge in [0, 0.05) is 6.07 Å². The van der Waals surface area contributed by atoms with Crippen molar-refractivity contribution in [2.24, 2.45) is 0 Å². The topological polar surface area (TPSA) is 54.9 Å². The van der Waals surface area contributed by atoms with E-state index in [0.29, 0.717) is 4.57 Å². The maximum atomic E-state index is 13.8. The zero-order chi connectivity index (χ0) is 14.3. The molecule has 0 unspecified atom stereocenters. The third-order valence-electron chi connectivity index (χ3n) is 2.50. The van der Waals surface area contributed by atoms with Gasteiger partial charge in [0.25, 0.3) is 5.56 Å². The fraction of sp³-hybridized carbons (Fsp3) is 0.0909. The number of hydrogen-bond donors (Lipinski definition) is 1. The number of nitrogens with one attached hydrogen (secondary N) is 1. The average molecular weight is 352 g/mol. The average Bonchev–Trinajstić information content (AvgIpc) is 2.33. The van der Waals surface area contributed by atoms with Gasteiger partial charge in [-0.05, 0) is 28.9 Å². The first-order valence-corrected chi connectivity index (χ1v) is 6.16. The minimum atomic E-state index is -0.943. The Balaban J connectivity index is 2.88. The van der Waals surface area contributed by atoms with Gasteiger partial charge in [0.1, 0.15) is 16.8 Å². The zero-order valence-corrected chi connectivity index (χ0v) is 11.8. The molecule has 0 radical (unpaired) electrons. The van der Waals surface area contributed by atoms with Crippen molar-refractivity contribution in [2.45, 2.75) is 6.92 Å². The van der Waals surface area contributed by atoms with Crippen molar-refractivity contribution in [3.63, 3.8) is 0 Å². The van der Waals surface area contributed by atoms with Crippen LogP contribution in [0.15, 0.2) is 26.2 Å². The molecule has 0 spiro atoms. The first kappa shape index (κ1) is 14.0. The molecule has 0 aliphatic heterocycles. The predicted octanol–water partition coefficient (Wildman–Crippen LogP) is 2.53. The van der Waals surface area contributed by atoms with Crippen LogP contribution in [0.4, 0.5) is 8.78 Å². The van der Waals surface area contributed by atoms with Crippen LogP contribution in [-0.4, -0.2) is 9.55 Å². The fourth-order valence-electron chi connectivity index (χ4n) is 1.50. The summed E-state index contributed by atoms with van der Waals surface area (Å²) in [7, 11) is 0. The summed E-state index contributed by atoms with van der Waals surface area (Å²) in [6, 6.07) is 1.59. The lowest BCUT2D eigenvalue weighted by Crippen LogP contribution is -2.35. The number of halogens is 4. The first-order valence-electron chi connectivity index (χ1n) is 4.99. The highest BCUT2D eigenvalue weighted by atomic mass is 79.9. The highest BCUT2D eigenvalue weighted by molar-refractivity contribution is 9.10. The number of hydrogen-bond acceptors (Lipinski definition) is 2. The Morgan fingerprint density at radius 2 is 1.89 bits per heavy atom. The minimum Gasteiger partial charge on any atom is -0.297 e. The Kier molecular flexibility index (Phi) is 3.60. The van der Waals surface area contributed by atoms with Gasteiger partial charge in [-0.2, -0.15) is 0 Å². The second kappa shape index (κ2) is 4.90. The van der Waals surface area contributed by atoms with E-state index in [2.05, 4.69) is 20.9 Å². The lowest BCUT2D eigenvalue weighted by molar-refractivity contribution is 0.583. The van der Waals surface area contributed by atoms with E-state index in [1.165, 1.54) is 6.92 Å². The van der Waals surface area contributed by atoms with Crippen LogP contribution in [0, 0.1) is 18.6 Å². The van der Waals surface area contributed by atoms with Gasteiger partial charge < -0.3 is 0 Å². The van der Waals surface area contributed by atoms with Crippen LogP contribution in [0.2, 0.25) is 5.15 Å². The number of aromatic amines is 1. The lowest BCUT2D eigenvalue weighted by atomic mass is 10.2. The summed E-state index contributed by atoms with van der Waals surface area (Å²) < 4.78 is 27.6. The normalized spacial score (nSPS) is 10.8.